The van der Waals surface area contributed by atoms with Gasteiger partial charge in [-0.05, 0) is 33.8 Å². The molecule has 0 unspecified atom stereocenters. The molecule has 0 saturated carbocycles. The zero-order valence-corrected chi connectivity index (χ0v) is 15.0. The zero-order valence-electron chi connectivity index (χ0n) is 15.0. The number of amides is 2. The van der Waals surface area contributed by atoms with Gasteiger partial charge in [-0.3, -0.25) is 4.79 Å². The van der Waals surface area contributed by atoms with Crippen molar-refractivity contribution in [2.24, 2.45) is 0 Å². The van der Waals surface area contributed by atoms with Crippen LogP contribution in [-0.4, -0.2) is 40.1 Å². The van der Waals surface area contributed by atoms with Crippen molar-refractivity contribution in [3.05, 3.63) is 24.7 Å². The number of rotatable bonds is 6. The van der Waals surface area contributed by atoms with Crippen LogP contribution in [0.3, 0.4) is 0 Å². The van der Waals surface area contributed by atoms with E-state index < -0.39 is 11.7 Å². The third kappa shape index (κ3) is 5.66. The second kappa shape index (κ2) is 7.87. The molecule has 25 heavy (non-hydrogen) atoms. The van der Waals surface area contributed by atoms with Crippen molar-refractivity contribution < 1.29 is 19.1 Å². The molecule has 0 aromatic carbocycles. The Balaban J connectivity index is 1.87. The third-order valence-electron chi connectivity index (χ3n) is 3.07. The van der Waals surface area contributed by atoms with Gasteiger partial charge in [0, 0.05) is 31.6 Å². The molecule has 2 amide bonds. The highest BCUT2D eigenvalue weighted by Crippen LogP contribution is 2.22. The molecule has 0 spiro atoms. The maximum absolute atomic E-state index is 12.0. The number of nitrogens with zero attached hydrogens (tertiary/aromatic N) is 2. The first-order valence-electron chi connectivity index (χ1n) is 8.14. The zero-order chi connectivity index (χ0) is 18.4. The van der Waals surface area contributed by atoms with Crippen molar-refractivity contribution >= 4 is 23.2 Å². The lowest BCUT2D eigenvalue weighted by Gasteiger charge is -2.19. The van der Waals surface area contributed by atoms with Crippen molar-refractivity contribution in [1.82, 2.24) is 14.7 Å². The number of aromatic nitrogens is 2. The van der Waals surface area contributed by atoms with E-state index in [2.05, 4.69) is 15.6 Å². The Hall–Kier alpha value is -2.77. The van der Waals surface area contributed by atoms with Gasteiger partial charge in [-0.15, -0.1) is 0 Å². The van der Waals surface area contributed by atoms with E-state index in [1.54, 1.807) is 45.4 Å². The van der Waals surface area contributed by atoms with E-state index in [-0.39, 0.29) is 18.9 Å². The molecule has 2 N–H and O–H groups in total. The summed E-state index contributed by atoms with van der Waals surface area (Å²) in [5.74, 6) is 0.301. The van der Waals surface area contributed by atoms with Crippen molar-refractivity contribution in [2.75, 3.05) is 18.5 Å². The fraction of sp³-hybridized carbons (Fsp3) is 0.471. The first kappa shape index (κ1) is 18.6. The first-order chi connectivity index (χ1) is 11.8. The van der Waals surface area contributed by atoms with E-state index in [1.165, 1.54) is 0 Å². The lowest BCUT2D eigenvalue weighted by molar-refractivity contribution is -0.116. The summed E-state index contributed by atoms with van der Waals surface area (Å²) in [5, 5.41) is 5.34. The molecule has 2 aromatic heterocycles. The summed E-state index contributed by atoms with van der Waals surface area (Å²) in [7, 11) is 0. The smallest absolute Gasteiger partial charge is 0.407 e. The summed E-state index contributed by atoms with van der Waals surface area (Å²) >= 11 is 0. The molecule has 2 rings (SSSR count). The third-order valence-corrected chi connectivity index (χ3v) is 3.07. The number of anilines is 1. The highest BCUT2D eigenvalue weighted by atomic mass is 16.6. The van der Waals surface area contributed by atoms with E-state index in [4.69, 9.17) is 9.47 Å². The van der Waals surface area contributed by atoms with Gasteiger partial charge in [0.15, 0.2) is 0 Å². The van der Waals surface area contributed by atoms with Crippen LogP contribution in [0.4, 0.5) is 10.5 Å². The van der Waals surface area contributed by atoms with Crippen molar-refractivity contribution in [3.8, 4) is 5.88 Å². The average molecular weight is 348 g/mol. The number of alkyl carbamates (subject to hydrolysis) is 1. The van der Waals surface area contributed by atoms with E-state index in [1.807, 2.05) is 11.3 Å². The highest BCUT2D eigenvalue weighted by molar-refractivity contribution is 5.92. The van der Waals surface area contributed by atoms with Crippen molar-refractivity contribution in [2.45, 2.75) is 39.7 Å². The normalized spacial score (nSPS) is 11.2. The van der Waals surface area contributed by atoms with Gasteiger partial charge in [-0.25, -0.2) is 9.78 Å². The summed E-state index contributed by atoms with van der Waals surface area (Å²) in [6, 6.07) is 1.79. The maximum atomic E-state index is 12.0. The monoisotopic (exact) mass is 348 g/mol. The molecular weight excluding hydrogens is 324 g/mol. The molecule has 8 nitrogen and oxygen atoms in total. The summed E-state index contributed by atoms with van der Waals surface area (Å²) < 4.78 is 12.4. The molecule has 0 saturated heterocycles. The summed E-state index contributed by atoms with van der Waals surface area (Å²) in [5.41, 5.74) is 0.841. The number of hydrogen-bond donors (Lipinski definition) is 2. The van der Waals surface area contributed by atoms with Gasteiger partial charge in [-0.1, -0.05) is 0 Å². The van der Waals surface area contributed by atoms with Crippen molar-refractivity contribution in [1.29, 1.82) is 0 Å². The fourth-order valence-corrected chi connectivity index (χ4v) is 2.15. The molecule has 0 aliphatic rings. The molecule has 8 heteroatoms. The van der Waals surface area contributed by atoms with E-state index >= 15 is 0 Å². The largest absolute Gasteiger partial charge is 0.476 e. The average Bonchev–Trinajstić information content (AvgIpc) is 2.89. The SMILES string of the molecule is CCOc1nccn2cc(NC(=O)CCNC(=O)OC(C)(C)C)cc12. The predicted molar refractivity (Wildman–Crippen MR) is 93.8 cm³/mol. The highest BCUT2D eigenvalue weighted by Gasteiger charge is 2.16. The number of hydrogen-bond acceptors (Lipinski definition) is 5. The Kier molecular flexibility index (Phi) is 5.84. The van der Waals surface area contributed by atoms with Gasteiger partial charge in [0.1, 0.15) is 11.1 Å². The number of carbonyl (C=O) groups is 2. The number of fused-ring (bicyclic) bond motifs is 1. The van der Waals surface area contributed by atoms with Crippen LogP contribution >= 0.6 is 0 Å². The molecular formula is C17H24N4O4. The summed E-state index contributed by atoms with van der Waals surface area (Å²) in [4.78, 5) is 27.7. The minimum absolute atomic E-state index is 0.141. The second-order valence-electron chi connectivity index (χ2n) is 6.41. The van der Waals surface area contributed by atoms with Crippen LogP contribution in [-0.2, 0) is 9.53 Å². The fourth-order valence-electron chi connectivity index (χ4n) is 2.15. The lowest BCUT2D eigenvalue weighted by Crippen LogP contribution is -2.34. The van der Waals surface area contributed by atoms with Gasteiger partial charge >= 0.3 is 6.09 Å². The van der Waals surface area contributed by atoms with Gasteiger partial charge in [0.2, 0.25) is 11.8 Å². The molecule has 0 atom stereocenters. The van der Waals surface area contributed by atoms with Crippen molar-refractivity contribution in [3.63, 3.8) is 0 Å². The number of ether oxygens (including phenoxy) is 2. The molecule has 0 fully saturated rings. The second-order valence-corrected chi connectivity index (χ2v) is 6.41. The Bertz CT molecular complexity index is 749. The minimum Gasteiger partial charge on any atom is -0.476 e. The van der Waals surface area contributed by atoms with E-state index in [9.17, 15) is 9.59 Å². The van der Waals surface area contributed by atoms with Crippen LogP contribution in [0.1, 0.15) is 34.1 Å². The quantitative estimate of drug-likeness (QED) is 0.837. The maximum Gasteiger partial charge on any atom is 0.407 e. The molecule has 2 heterocycles. The first-order valence-corrected chi connectivity index (χ1v) is 8.14. The van der Waals surface area contributed by atoms with Gasteiger partial charge in [-0.2, -0.15) is 0 Å². The molecule has 0 aliphatic heterocycles. The topological polar surface area (TPSA) is 94.0 Å². The van der Waals surface area contributed by atoms with Gasteiger partial charge < -0.3 is 24.5 Å². The Morgan fingerprint density at radius 3 is 2.76 bits per heavy atom. The van der Waals surface area contributed by atoms with Gasteiger partial charge in [0.25, 0.3) is 0 Å². The molecule has 0 bridgehead atoms. The Morgan fingerprint density at radius 2 is 2.08 bits per heavy atom. The van der Waals surface area contributed by atoms with Crippen LogP contribution in [0, 0.1) is 0 Å². The standard InChI is InChI=1S/C17H24N4O4/c1-5-24-15-13-10-12(11-21(13)9-8-18-15)20-14(22)6-7-19-16(23)25-17(2,3)4/h8-11H,5-7H2,1-4H3,(H,19,23)(H,20,22). The number of nitrogens with one attached hydrogen (secondary N) is 2. The predicted octanol–water partition coefficient (Wildman–Crippen LogP) is 2.59. The van der Waals surface area contributed by atoms with E-state index in [0.717, 1.165) is 5.52 Å². The van der Waals surface area contributed by atoms with Crippen LogP contribution < -0.4 is 15.4 Å². The minimum atomic E-state index is -0.564. The Labute approximate surface area is 146 Å². The van der Waals surface area contributed by atoms with E-state index in [0.29, 0.717) is 18.2 Å². The molecule has 0 aliphatic carbocycles. The summed E-state index contributed by atoms with van der Waals surface area (Å²) in [6.07, 6.45) is 4.79. The Morgan fingerprint density at radius 1 is 1.32 bits per heavy atom. The van der Waals surface area contributed by atoms with Crippen LogP contribution in [0.15, 0.2) is 24.7 Å². The molecule has 2 aromatic rings. The molecule has 0 radical (unpaired) electrons. The number of carbonyl (C=O) groups excluding carboxylic acids is 2. The van der Waals surface area contributed by atoms with Crippen LogP contribution in [0.5, 0.6) is 5.88 Å². The lowest BCUT2D eigenvalue weighted by atomic mass is 10.2. The molecule has 136 valence electrons. The van der Waals surface area contributed by atoms with Crippen LogP contribution in [0.25, 0.3) is 5.52 Å². The van der Waals surface area contributed by atoms with Gasteiger partial charge in [0.05, 0.1) is 12.3 Å². The summed E-state index contributed by atoms with van der Waals surface area (Å²) in [6.45, 7) is 7.93. The van der Waals surface area contributed by atoms with Crippen LogP contribution in [0.2, 0.25) is 0 Å².